The smallest absolute Gasteiger partial charge is 0.124 e. The number of benzene rings is 1. The molecule has 2 aromatic rings. The molecule has 1 N–H and O–H groups in total. The minimum Gasteiger partial charge on any atom is -0.497 e. The number of hydrogen-bond donors (Lipinski definition) is 1. The van der Waals surface area contributed by atoms with Crippen molar-refractivity contribution in [3.8, 4) is 11.5 Å². The lowest BCUT2D eigenvalue weighted by molar-refractivity contribution is 0.394. The fraction of sp³-hybridized carbons (Fsp3) is 0.231. The van der Waals surface area contributed by atoms with Crippen LogP contribution in [0.2, 0.25) is 0 Å². The third-order valence-electron chi connectivity index (χ3n) is 2.44. The highest BCUT2D eigenvalue weighted by Gasteiger charge is 2.02. The van der Waals surface area contributed by atoms with Crippen molar-refractivity contribution in [2.45, 2.75) is 6.54 Å². The van der Waals surface area contributed by atoms with Crippen molar-refractivity contribution in [1.29, 1.82) is 0 Å². The first-order chi connectivity index (χ1) is 8.71. The number of rotatable bonds is 5. The summed E-state index contributed by atoms with van der Waals surface area (Å²) in [4.78, 5) is 1.27. The van der Waals surface area contributed by atoms with Crippen molar-refractivity contribution in [2.75, 3.05) is 19.5 Å². The van der Waals surface area contributed by atoms with E-state index in [1.165, 1.54) is 4.88 Å². The van der Waals surface area contributed by atoms with Gasteiger partial charge in [0.2, 0.25) is 0 Å². The van der Waals surface area contributed by atoms with Gasteiger partial charge in [0.15, 0.2) is 0 Å². The molecule has 1 heterocycles. The van der Waals surface area contributed by atoms with Crippen LogP contribution in [-0.2, 0) is 6.54 Å². The van der Waals surface area contributed by atoms with E-state index in [1.807, 2.05) is 18.2 Å². The van der Waals surface area contributed by atoms with Crippen molar-refractivity contribution in [1.82, 2.24) is 0 Å². The molecule has 0 saturated carbocycles. The quantitative estimate of drug-likeness (QED) is 0.895. The molecule has 96 valence electrons. The standard InChI is InChI=1S/C13H14BrNO2S/c1-16-11-4-10(5-12(6-11)17-2)15-7-13-3-9(14)8-18-13/h3-6,8,15H,7H2,1-2H3. The van der Waals surface area contributed by atoms with E-state index in [1.54, 1.807) is 25.6 Å². The van der Waals surface area contributed by atoms with Crippen molar-refractivity contribution in [2.24, 2.45) is 0 Å². The lowest BCUT2D eigenvalue weighted by Crippen LogP contribution is -1.98. The average Bonchev–Trinajstić information content (AvgIpc) is 2.81. The van der Waals surface area contributed by atoms with E-state index in [2.05, 4.69) is 32.7 Å². The molecule has 18 heavy (non-hydrogen) atoms. The lowest BCUT2D eigenvalue weighted by atomic mass is 10.2. The first kappa shape index (κ1) is 13.2. The first-order valence-electron chi connectivity index (χ1n) is 5.41. The van der Waals surface area contributed by atoms with Gasteiger partial charge in [0, 0.05) is 45.2 Å². The summed E-state index contributed by atoms with van der Waals surface area (Å²) < 4.78 is 11.6. The largest absolute Gasteiger partial charge is 0.497 e. The van der Waals surface area contributed by atoms with Gasteiger partial charge in [-0.2, -0.15) is 0 Å². The maximum Gasteiger partial charge on any atom is 0.124 e. The van der Waals surface area contributed by atoms with E-state index in [0.29, 0.717) is 0 Å². The Bertz CT molecular complexity index is 505. The minimum absolute atomic E-state index is 0.782. The Balaban J connectivity index is 2.08. The van der Waals surface area contributed by atoms with Crippen molar-refractivity contribution in [3.63, 3.8) is 0 Å². The van der Waals surface area contributed by atoms with Gasteiger partial charge in [-0.25, -0.2) is 0 Å². The minimum atomic E-state index is 0.782. The zero-order valence-corrected chi connectivity index (χ0v) is 12.6. The maximum absolute atomic E-state index is 5.23. The molecule has 0 aliphatic rings. The Hall–Kier alpha value is -1.20. The van der Waals surface area contributed by atoms with Gasteiger partial charge in [-0.3, -0.25) is 0 Å². The number of anilines is 1. The first-order valence-corrected chi connectivity index (χ1v) is 7.08. The molecular weight excluding hydrogens is 314 g/mol. The summed E-state index contributed by atoms with van der Waals surface area (Å²) in [6.07, 6.45) is 0. The summed E-state index contributed by atoms with van der Waals surface area (Å²) >= 11 is 5.16. The predicted octanol–water partition coefficient (Wildman–Crippen LogP) is 4.14. The lowest BCUT2D eigenvalue weighted by Gasteiger charge is -2.09. The van der Waals surface area contributed by atoms with Gasteiger partial charge < -0.3 is 14.8 Å². The second kappa shape index (κ2) is 6.11. The molecule has 2 rings (SSSR count). The molecule has 1 aromatic carbocycles. The Morgan fingerprint density at radius 3 is 2.28 bits per heavy atom. The Labute approximate surface area is 119 Å². The number of methoxy groups -OCH3 is 2. The summed E-state index contributed by atoms with van der Waals surface area (Å²) in [5, 5.41) is 5.43. The Kier molecular flexibility index (Phi) is 4.49. The van der Waals surface area contributed by atoms with E-state index in [-0.39, 0.29) is 0 Å². The van der Waals surface area contributed by atoms with Crippen molar-refractivity contribution < 1.29 is 9.47 Å². The van der Waals surface area contributed by atoms with Crippen LogP contribution in [0.5, 0.6) is 11.5 Å². The van der Waals surface area contributed by atoms with Crippen LogP contribution < -0.4 is 14.8 Å². The normalized spacial score (nSPS) is 10.2. The number of hydrogen-bond acceptors (Lipinski definition) is 4. The van der Waals surface area contributed by atoms with Crippen LogP contribution in [0.1, 0.15) is 4.88 Å². The van der Waals surface area contributed by atoms with Crippen LogP contribution in [-0.4, -0.2) is 14.2 Å². The van der Waals surface area contributed by atoms with E-state index in [0.717, 1.165) is 28.2 Å². The van der Waals surface area contributed by atoms with E-state index in [9.17, 15) is 0 Å². The van der Waals surface area contributed by atoms with Gasteiger partial charge in [-0.15, -0.1) is 11.3 Å². The third kappa shape index (κ3) is 3.40. The summed E-state index contributed by atoms with van der Waals surface area (Å²) in [5.41, 5.74) is 0.982. The molecule has 0 bridgehead atoms. The highest BCUT2D eigenvalue weighted by molar-refractivity contribution is 9.10. The third-order valence-corrected chi connectivity index (χ3v) is 4.14. The van der Waals surface area contributed by atoms with Crippen LogP contribution in [0.3, 0.4) is 0 Å². The Morgan fingerprint density at radius 2 is 1.78 bits per heavy atom. The molecule has 3 nitrogen and oxygen atoms in total. The summed E-state index contributed by atoms with van der Waals surface area (Å²) in [6.45, 7) is 0.784. The van der Waals surface area contributed by atoms with E-state index < -0.39 is 0 Å². The van der Waals surface area contributed by atoms with Crippen LogP contribution in [0, 0.1) is 0 Å². The van der Waals surface area contributed by atoms with Gasteiger partial charge in [0.1, 0.15) is 11.5 Å². The second-order valence-corrected chi connectivity index (χ2v) is 5.60. The van der Waals surface area contributed by atoms with Gasteiger partial charge in [0.05, 0.1) is 14.2 Å². The molecule has 0 unspecified atom stereocenters. The number of halogens is 1. The fourth-order valence-corrected chi connectivity index (χ4v) is 2.94. The van der Waals surface area contributed by atoms with Gasteiger partial charge in [-0.05, 0) is 22.0 Å². The van der Waals surface area contributed by atoms with Crippen LogP contribution >= 0.6 is 27.3 Å². The molecule has 0 spiro atoms. The topological polar surface area (TPSA) is 30.5 Å². The van der Waals surface area contributed by atoms with Crippen molar-refractivity contribution >= 4 is 33.0 Å². The van der Waals surface area contributed by atoms with Crippen LogP contribution in [0.4, 0.5) is 5.69 Å². The van der Waals surface area contributed by atoms with Crippen LogP contribution in [0.25, 0.3) is 0 Å². The monoisotopic (exact) mass is 327 g/mol. The molecule has 0 radical (unpaired) electrons. The second-order valence-electron chi connectivity index (χ2n) is 3.69. The molecule has 5 heteroatoms. The van der Waals surface area contributed by atoms with E-state index >= 15 is 0 Å². The number of ether oxygens (including phenoxy) is 2. The highest BCUT2D eigenvalue weighted by Crippen LogP contribution is 2.27. The maximum atomic E-state index is 5.23. The van der Waals surface area contributed by atoms with Crippen molar-refractivity contribution in [3.05, 3.63) is 39.0 Å². The summed E-state index contributed by atoms with van der Waals surface area (Å²) in [6, 6.07) is 7.86. The summed E-state index contributed by atoms with van der Waals surface area (Å²) in [7, 11) is 3.30. The number of nitrogens with one attached hydrogen (secondary N) is 1. The zero-order chi connectivity index (χ0) is 13.0. The van der Waals surface area contributed by atoms with Gasteiger partial charge >= 0.3 is 0 Å². The zero-order valence-electron chi connectivity index (χ0n) is 10.2. The number of thiophene rings is 1. The molecule has 1 aromatic heterocycles. The molecule has 0 saturated heterocycles. The van der Waals surface area contributed by atoms with Gasteiger partial charge in [-0.1, -0.05) is 0 Å². The average molecular weight is 328 g/mol. The predicted molar refractivity (Wildman–Crippen MR) is 78.9 cm³/mol. The molecule has 0 fully saturated rings. The molecular formula is C13H14BrNO2S. The highest BCUT2D eigenvalue weighted by atomic mass is 79.9. The molecule has 0 amide bonds. The SMILES string of the molecule is COc1cc(NCc2cc(Br)cs2)cc(OC)c1. The van der Waals surface area contributed by atoms with E-state index in [4.69, 9.17) is 9.47 Å². The molecule has 0 atom stereocenters. The fourth-order valence-electron chi connectivity index (χ4n) is 1.55. The van der Waals surface area contributed by atoms with Gasteiger partial charge in [0.25, 0.3) is 0 Å². The Morgan fingerprint density at radius 1 is 1.11 bits per heavy atom. The van der Waals surface area contributed by atoms with Crippen LogP contribution in [0.15, 0.2) is 34.1 Å². The molecule has 0 aliphatic carbocycles. The molecule has 0 aliphatic heterocycles. The summed E-state index contributed by atoms with van der Waals surface area (Å²) in [5.74, 6) is 1.56.